The van der Waals surface area contributed by atoms with Crippen LogP contribution in [0, 0.1) is 11.8 Å². The van der Waals surface area contributed by atoms with Crippen LogP contribution in [0.15, 0.2) is 48.6 Å². The van der Waals surface area contributed by atoms with Crippen molar-refractivity contribution >= 4 is 5.97 Å². The number of rotatable bonds is 7. The number of allylic oxidation sites excluding steroid dienone is 3. The molecule has 1 aliphatic heterocycles. The van der Waals surface area contributed by atoms with Crippen LogP contribution in [0.2, 0.25) is 0 Å². The monoisotopic (exact) mass is 370 g/mol. The van der Waals surface area contributed by atoms with Gasteiger partial charge in [-0.3, -0.25) is 4.79 Å². The Hall–Kier alpha value is -2.39. The van der Waals surface area contributed by atoms with Crippen LogP contribution < -0.4 is 0 Å². The van der Waals surface area contributed by atoms with Gasteiger partial charge in [0.05, 0.1) is 12.7 Å². The molecule has 0 spiro atoms. The highest BCUT2D eigenvalue weighted by atomic mass is 16.7. The maximum Gasteiger partial charge on any atom is 0.303 e. The highest BCUT2D eigenvalue weighted by molar-refractivity contribution is 5.66. The summed E-state index contributed by atoms with van der Waals surface area (Å²) in [6.45, 7) is 3.71. The zero-order chi connectivity index (χ0) is 19.7. The van der Waals surface area contributed by atoms with E-state index in [2.05, 4.69) is 11.8 Å². The minimum atomic E-state index is -0.800. The van der Waals surface area contributed by atoms with Crippen LogP contribution in [0.5, 0.6) is 0 Å². The van der Waals surface area contributed by atoms with Gasteiger partial charge in [-0.2, -0.15) is 0 Å². The lowest BCUT2D eigenvalue weighted by Gasteiger charge is -2.16. The van der Waals surface area contributed by atoms with Gasteiger partial charge in [0.15, 0.2) is 5.79 Å². The van der Waals surface area contributed by atoms with Crippen molar-refractivity contribution in [1.29, 1.82) is 0 Å². The molecule has 2 rings (SSSR count). The normalized spacial score (nSPS) is 21.4. The molecule has 0 radical (unpaired) electrons. The standard InChI is InChI=1S/C22H26O5/c1-22(2)26-19(20(27-22)13-8-14-21(24)25)12-6-4-3-5-9-17-10-7-11-18(15-17)16-23/h3-4,6-7,10-12,15,19-20,23H,8,13-14,16H2,1-2H3,(H,24,25)/b4-3+,12-6+/t19-,20+/m1/s1. The van der Waals surface area contributed by atoms with Crippen molar-refractivity contribution in [2.75, 3.05) is 0 Å². The zero-order valence-corrected chi connectivity index (χ0v) is 15.7. The van der Waals surface area contributed by atoms with Gasteiger partial charge in [0.2, 0.25) is 0 Å². The molecule has 2 atom stereocenters. The number of aliphatic hydroxyl groups is 1. The number of aliphatic carboxylic acids is 1. The number of ether oxygens (including phenoxy) is 2. The van der Waals surface area contributed by atoms with Crippen molar-refractivity contribution < 1.29 is 24.5 Å². The molecule has 1 fully saturated rings. The Morgan fingerprint density at radius 3 is 2.85 bits per heavy atom. The first kappa shape index (κ1) is 20.9. The van der Waals surface area contributed by atoms with E-state index in [1.807, 2.05) is 56.3 Å². The van der Waals surface area contributed by atoms with Crippen molar-refractivity contribution in [2.24, 2.45) is 0 Å². The molecule has 1 aromatic rings. The Morgan fingerprint density at radius 2 is 2.11 bits per heavy atom. The molecule has 1 saturated heterocycles. The van der Waals surface area contributed by atoms with Gasteiger partial charge >= 0.3 is 5.97 Å². The molecule has 0 amide bonds. The minimum absolute atomic E-state index is 0.00152. The van der Waals surface area contributed by atoms with Crippen LogP contribution in [0.1, 0.15) is 44.2 Å². The smallest absolute Gasteiger partial charge is 0.303 e. The fraction of sp³-hybridized carbons (Fsp3) is 0.409. The average molecular weight is 370 g/mol. The first-order valence-corrected chi connectivity index (χ1v) is 9.02. The fourth-order valence-electron chi connectivity index (χ4n) is 2.85. The predicted molar refractivity (Wildman–Crippen MR) is 103 cm³/mol. The molecule has 2 N–H and O–H groups in total. The number of hydrogen-bond acceptors (Lipinski definition) is 4. The molecule has 144 valence electrons. The largest absolute Gasteiger partial charge is 0.481 e. The molecule has 0 aromatic heterocycles. The summed E-state index contributed by atoms with van der Waals surface area (Å²) in [5, 5.41) is 17.9. The summed E-state index contributed by atoms with van der Waals surface area (Å²) in [5.74, 6) is 4.49. The predicted octanol–water partition coefficient (Wildman–Crippen LogP) is 3.42. The molecule has 1 aliphatic rings. The number of hydrogen-bond donors (Lipinski definition) is 2. The Balaban J connectivity index is 1.90. The summed E-state index contributed by atoms with van der Waals surface area (Å²) in [4.78, 5) is 10.7. The average Bonchev–Trinajstić information content (AvgIpc) is 2.91. The molecule has 0 aliphatic carbocycles. The van der Waals surface area contributed by atoms with Crippen molar-refractivity contribution in [3.63, 3.8) is 0 Å². The van der Waals surface area contributed by atoms with Gasteiger partial charge in [0.1, 0.15) is 6.10 Å². The summed E-state index contributed by atoms with van der Waals surface area (Å²) in [6, 6.07) is 7.46. The first-order valence-electron chi connectivity index (χ1n) is 9.02. The molecule has 5 heteroatoms. The summed E-state index contributed by atoms with van der Waals surface area (Å²) in [5.41, 5.74) is 1.68. The lowest BCUT2D eigenvalue weighted by Crippen LogP contribution is -2.21. The van der Waals surface area contributed by atoms with Gasteiger partial charge in [0, 0.05) is 12.0 Å². The van der Waals surface area contributed by atoms with Crippen LogP contribution in [-0.4, -0.2) is 34.2 Å². The maximum atomic E-state index is 10.7. The third-order valence-corrected chi connectivity index (χ3v) is 4.02. The van der Waals surface area contributed by atoms with Crippen molar-refractivity contribution in [3.05, 3.63) is 59.7 Å². The van der Waals surface area contributed by atoms with E-state index < -0.39 is 11.8 Å². The van der Waals surface area contributed by atoms with Crippen LogP contribution in [-0.2, 0) is 20.9 Å². The van der Waals surface area contributed by atoms with E-state index in [0.29, 0.717) is 12.8 Å². The third kappa shape index (κ3) is 7.40. The Labute approximate surface area is 160 Å². The number of carbonyl (C=O) groups is 1. The Morgan fingerprint density at radius 1 is 1.30 bits per heavy atom. The second kappa shape index (κ2) is 10.1. The van der Waals surface area contributed by atoms with E-state index in [9.17, 15) is 4.79 Å². The summed E-state index contributed by atoms with van der Waals surface area (Å²) >= 11 is 0. The molecule has 1 heterocycles. The van der Waals surface area contributed by atoms with Gasteiger partial charge in [-0.25, -0.2) is 0 Å². The fourth-order valence-corrected chi connectivity index (χ4v) is 2.85. The highest BCUT2D eigenvalue weighted by Crippen LogP contribution is 2.31. The van der Waals surface area contributed by atoms with Gasteiger partial charge in [-0.15, -0.1) is 0 Å². The quantitative estimate of drug-likeness (QED) is 0.568. The van der Waals surface area contributed by atoms with E-state index in [1.54, 1.807) is 6.08 Å². The highest BCUT2D eigenvalue weighted by Gasteiger charge is 2.39. The second-order valence-electron chi connectivity index (χ2n) is 6.80. The topological polar surface area (TPSA) is 76.0 Å². The van der Waals surface area contributed by atoms with Gasteiger partial charge in [0.25, 0.3) is 0 Å². The molecule has 27 heavy (non-hydrogen) atoms. The van der Waals surface area contributed by atoms with Crippen molar-refractivity contribution in [3.8, 4) is 11.8 Å². The second-order valence-corrected chi connectivity index (χ2v) is 6.80. The lowest BCUT2D eigenvalue weighted by atomic mass is 10.1. The van der Waals surface area contributed by atoms with Crippen LogP contribution in [0.3, 0.4) is 0 Å². The number of carboxylic acid groups (broad SMARTS) is 1. The summed E-state index contributed by atoms with van der Waals surface area (Å²) in [6.07, 6.45) is 8.28. The molecule has 5 nitrogen and oxygen atoms in total. The molecule has 0 bridgehead atoms. The molecule has 0 saturated carbocycles. The van der Waals surface area contributed by atoms with Crippen LogP contribution >= 0.6 is 0 Å². The molecule has 0 unspecified atom stereocenters. The van der Waals surface area contributed by atoms with E-state index in [4.69, 9.17) is 19.7 Å². The SMILES string of the molecule is CC1(C)O[C@@H](CCCC(=O)O)[C@@H](/C=C/C=C/C#Cc2cccc(CO)c2)O1. The molecular formula is C22H26O5. The Bertz CT molecular complexity index is 751. The van der Waals surface area contributed by atoms with Crippen LogP contribution in [0.25, 0.3) is 0 Å². The number of aliphatic hydroxyl groups excluding tert-OH is 1. The van der Waals surface area contributed by atoms with Gasteiger partial charge in [-0.05, 0) is 50.5 Å². The third-order valence-electron chi connectivity index (χ3n) is 4.02. The first-order chi connectivity index (χ1) is 12.9. The molecular weight excluding hydrogens is 344 g/mol. The van der Waals surface area contributed by atoms with E-state index >= 15 is 0 Å². The van der Waals surface area contributed by atoms with Crippen LogP contribution in [0.4, 0.5) is 0 Å². The van der Waals surface area contributed by atoms with E-state index in [0.717, 1.165) is 11.1 Å². The lowest BCUT2D eigenvalue weighted by molar-refractivity contribution is -0.143. The maximum absolute atomic E-state index is 10.7. The van der Waals surface area contributed by atoms with Crippen molar-refractivity contribution in [2.45, 2.75) is 57.7 Å². The summed E-state index contributed by atoms with van der Waals surface area (Å²) < 4.78 is 11.7. The van der Waals surface area contributed by atoms with Gasteiger partial charge < -0.3 is 19.7 Å². The van der Waals surface area contributed by atoms with E-state index in [-0.39, 0.29) is 25.2 Å². The zero-order valence-electron chi connectivity index (χ0n) is 15.7. The van der Waals surface area contributed by atoms with Gasteiger partial charge in [-0.1, -0.05) is 42.2 Å². The van der Waals surface area contributed by atoms with Crippen molar-refractivity contribution in [1.82, 2.24) is 0 Å². The van der Waals surface area contributed by atoms with E-state index in [1.165, 1.54) is 0 Å². The molecule has 1 aromatic carbocycles. The minimum Gasteiger partial charge on any atom is -0.481 e. The Kier molecular flexibility index (Phi) is 7.81. The number of carboxylic acids is 1. The number of benzene rings is 1. The summed E-state index contributed by atoms with van der Waals surface area (Å²) in [7, 11) is 0.